The lowest BCUT2D eigenvalue weighted by Crippen LogP contribution is -1.84. The topological polar surface area (TPSA) is 0 Å². The summed E-state index contributed by atoms with van der Waals surface area (Å²) in [6.45, 7) is 0. The van der Waals surface area contributed by atoms with Crippen molar-refractivity contribution >= 4 is 0 Å². The molecule has 0 aliphatic heterocycles. The fourth-order valence-corrected chi connectivity index (χ4v) is 4.67. The molecule has 1 rings (SSSR count). The average Bonchev–Trinajstić information content (AvgIpc) is 2.80. The van der Waals surface area contributed by atoms with E-state index < -0.39 is 0 Å². The second-order valence-electron chi connectivity index (χ2n) is 9.98. The van der Waals surface area contributed by atoms with Crippen molar-refractivity contribution in [2.24, 2.45) is 0 Å². The standard InChI is InChI=1S/C32H56/c1-2-4-6-8-10-12-14-16-18-20-22-24-26-28-30-32-31-29-27-25-23-21-19-17-15-13-11-9-7-5-3-1/h1-8H,9-32H2/b3-1-,4-2-,7-5-,8-6-. The van der Waals surface area contributed by atoms with E-state index in [-0.39, 0.29) is 0 Å². The van der Waals surface area contributed by atoms with Gasteiger partial charge in [0.25, 0.3) is 0 Å². The highest BCUT2D eigenvalue weighted by atomic mass is 14.0. The maximum absolute atomic E-state index is 2.32. The second kappa shape index (κ2) is 26.2. The van der Waals surface area contributed by atoms with Crippen molar-refractivity contribution in [1.82, 2.24) is 0 Å². The smallest absolute Gasteiger partial charge is 0.0348 e. The molecule has 0 atom stereocenters. The Morgan fingerprint density at radius 1 is 0.188 bits per heavy atom. The van der Waals surface area contributed by atoms with Gasteiger partial charge in [-0.2, -0.15) is 0 Å². The van der Waals surface area contributed by atoms with Crippen molar-refractivity contribution in [2.45, 2.75) is 154 Å². The molecule has 1 aliphatic rings. The highest BCUT2D eigenvalue weighted by Crippen LogP contribution is 2.15. The van der Waals surface area contributed by atoms with Crippen LogP contribution in [0.4, 0.5) is 0 Å². The Balaban J connectivity index is 2.14. The normalized spacial score (nSPS) is 26.0. The Morgan fingerprint density at radius 3 is 0.625 bits per heavy atom. The van der Waals surface area contributed by atoms with Crippen LogP contribution in [0.25, 0.3) is 0 Å². The lowest BCUT2D eigenvalue weighted by molar-refractivity contribution is 0.518. The maximum Gasteiger partial charge on any atom is -0.0348 e. The highest BCUT2D eigenvalue weighted by Gasteiger charge is 1.96. The largest absolute Gasteiger partial charge is 0.0845 e. The van der Waals surface area contributed by atoms with Gasteiger partial charge in [-0.15, -0.1) is 0 Å². The fraction of sp³-hybridized carbons (Fsp3) is 0.750. The van der Waals surface area contributed by atoms with Crippen molar-refractivity contribution in [3.8, 4) is 0 Å². The van der Waals surface area contributed by atoms with Crippen LogP contribution in [0.2, 0.25) is 0 Å². The summed E-state index contributed by atoms with van der Waals surface area (Å²) in [6.07, 6.45) is 52.0. The minimum Gasteiger partial charge on any atom is -0.0845 e. The van der Waals surface area contributed by atoms with Gasteiger partial charge in [0.05, 0.1) is 0 Å². The van der Waals surface area contributed by atoms with E-state index in [9.17, 15) is 0 Å². The zero-order valence-corrected chi connectivity index (χ0v) is 21.6. The summed E-state index contributed by atoms with van der Waals surface area (Å²) in [7, 11) is 0. The first-order valence-electron chi connectivity index (χ1n) is 14.6. The van der Waals surface area contributed by atoms with E-state index >= 15 is 0 Å². The molecular weight excluding hydrogens is 384 g/mol. The summed E-state index contributed by atoms with van der Waals surface area (Å²) in [4.78, 5) is 0. The Bertz CT molecular complexity index is 420. The van der Waals surface area contributed by atoms with Gasteiger partial charge < -0.3 is 0 Å². The third-order valence-corrected chi connectivity index (χ3v) is 6.82. The van der Waals surface area contributed by atoms with E-state index in [2.05, 4.69) is 48.6 Å². The molecule has 0 heteroatoms. The van der Waals surface area contributed by atoms with Crippen molar-refractivity contribution < 1.29 is 0 Å². The molecule has 184 valence electrons. The molecule has 0 amide bonds. The third kappa shape index (κ3) is 23.6. The highest BCUT2D eigenvalue weighted by molar-refractivity contribution is 5.15. The number of hydrogen-bond acceptors (Lipinski definition) is 0. The minimum atomic E-state index is 1.23. The van der Waals surface area contributed by atoms with Crippen LogP contribution < -0.4 is 0 Å². The molecule has 0 N–H and O–H groups in total. The van der Waals surface area contributed by atoms with Gasteiger partial charge in [-0.1, -0.05) is 177 Å². The molecule has 0 fully saturated rings. The van der Waals surface area contributed by atoms with E-state index in [1.165, 1.54) is 154 Å². The van der Waals surface area contributed by atoms with Crippen LogP contribution in [0.15, 0.2) is 48.6 Å². The lowest BCUT2D eigenvalue weighted by atomic mass is 10.0. The maximum atomic E-state index is 2.32. The quantitative estimate of drug-likeness (QED) is 0.351. The monoisotopic (exact) mass is 440 g/mol. The molecule has 0 saturated heterocycles. The molecule has 0 nitrogen and oxygen atoms in total. The van der Waals surface area contributed by atoms with Gasteiger partial charge in [-0.3, -0.25) is 0 Å². The first-order chi connectivity index (χ1) is 16.0. The number of allylic oxidation sites excluding steroid dienone is 8. The molecule has 0 saturated carbocycles. The zero-order chi connectivity index (χ0) is 22.6. The lowest BCUT2D eigenvalue weighted by Gasteiger charge is -2.04. The molecule has 0 radical (unpaired) electrons. The molecule has 1 aliphatic carbocycles. The summed E-state index contributed by atoms with van der Waals surface area (Å²) in [5.41, 5.74) is 0. The summed E-state index contributed by atoms with van der Waals surface area (Å²) in [5.74, 6) is 0. The van der Waals surface area contributed by atoms with E-state index in [0.717, 1.165) is 0 Å². The van der Waals surface area contributed by atoms with E-state index in [4.69, 9.17) is 0 Å². The number of rotatable bonds is 0. The van der Waals surface area contributed by atoms with Crippen molar-refractivity contribution in [3.63, 3.8) is 0 Å². The van der Waals surface area contributed by atoms with Crippen molar-refractivity contribution in [1.29, 1.82) is 0 Å². The molecule has 0 spiro atoms. The first kappa shape index (κ1) is 29.0. The summed E-state index contributed by atoms with van der Waals surface area (Å²) >= 11 is 0. The SMILES string of the molecule is C1=C\C=C/CCCCCCCCCCCCCCCCCCCCCCCC/C=C\C=C/1. The van der Waals surface area contributed by atoms with Gasteiger partial charge in [-0.05, 0) is 25.7 Å². The zero-order valence-electron chi connectivity index (χ0n) is 21.6. The van der Waals surface area contributed by atoms with Gasteiger partial charge in [0.15, 0.2) is 0 Å². The Hall–Kier alpha value is -1.04. The predicted octanol–water partition coefficient (Wildman–Crippen LogP) is 11.6. The Labute approximate surface area is 202 Å². The predicted molar refractivity (Wildman–Crippen MR) is 147 cm³/mol. The van der Waals surface area contributed by atoms with Gasteiger partial charge >= 0.3 is 0 Å². The van der Waals surface area contributed by atoms with Crippen molar-refractivity contribution in [2.75, 3.05) is 0 Å². The minimum absolute atomic E-state index is 1.23. The second-order valence-corrected chi connectivity index (χ2v) is 9.98. The summed E-state index contributed by atoms with van der Waals surface area (Å²) < 4.78 is 0. The van der Waals surface area contributed by atoms with Crippen LogP contribution in [-0.2, 0) is 0 Å². The van der Waals surface area contributed by atoms with Crippen LogP contribution in [0.5, 0.6) is 0 Å². The molecule has 32 heavy (non-hydrogen) atoms. The van der Waals surface area contributed by atoms with Crippen LogP contribution in [0.3, 0.4) is 0 Å². The molecule has 0 heterocycles. The molecule has 0 aromatic rings. The van der Waals surface area contributed by atoms with E-state index in [1.54, 1.807) is 0 Å². The van der Waals surface area contributed by atoms with Gasteiger partial charge in [0.2, 0.25) is 0 Å². The Morgan fingerprint density at radius 2 is 0.375 bits per heavy atom. The summed E-state index contributed by atoms with van der Waals surface area (Å²) in [5, 5.41) is 0. The first-order valence-corrected chi connectivity index (χ1v) is 14.6. The molecule has 0 aromatic heterocycles. The van der Waals surface area contributed by atoms with Crippen molar-refractivity contribution in [3.05, 3.63) is 48.6 Å². The average molecular weight is 441 g/mol. The van der Waals surface area contributed by atoms with Gasteiger partial charge in [0.1, 0.15) is 0 Å². The van der Waals surface area contributed by atoms with E-state index in [0.29, 0.717) is 0 Å². The fourth-order valence-electron chi connectivity index (χ4n) is 4.67. The molecule has 0 unspecified atom stereocenters. The van der Waals surface area contributed by atoms with Crippen LogP contribution in [0, 0.1) is 0 Å². The molecule has 0 bridgehead atoms. The molecular formula is C32H56. The van der Waals surface area contributed by atoms with Crippen LogP contribution in [-0.4, -0.2) is 0 Å². The van der Waals surface area contributed by atoms with Gasteiger partial charge in [0, 0.05) is 0 Å². The third-order valence-electron chi connectivity index (χ3n) is 6.82. The molecule has 0 aromatic carbocycles. The Kier molecular flexibility index (Phi) is 23.8. The number of hydrogen-bond donors (Lipinski definition) is 0. The van der Waals surface area contributed by atoms with Gasteiger partial charge in [-0.25, -0.2) is 0 Å². The van der Waals surface area contributed by atoms with Crippen LogP contribution in [0.1, 0.15) is 154 Å². The van der Waals surface area contributed by atoms with Crippen LogP contribution >= 0.6 is 0 Å². The summed E-state index contributed by atoms with van der Waals surface area (Å²) in [6, 6.07) is 0. The van der Waals surface area contributed by atoms with E-state index in [1.807, 2.05) is 0 Å².